The van der Waals surface area contributed by atoms with Crippen LogP contribution < -0.4 is 51.8 Å². The van der Waals surface area contributed by atoms with Gasteiger partial charge in [-0.3, -0.25) is 28.8 Å². The fourth-order valence-electron chi connectivity index (χ4n) is 4.25. The second kappa shape index (κ2) is 18.0. The first kappa shape index (κ1) is 37.0. The summed E-state index contributed by atoms with van der Waals surface area (Å²) in [6, 6.07) is 12.9. The summed E-state index contributed by atoms with van der Waals surface area (Å²) in [5.74, 6) is -3.09. The van der Waals surface area contributed by atoms with Crippen molar-refractivity contribution in [1.29, 1.82) is 0 Å². The second-order valence-corrected chi connectivity index (χ2v) is 9.84. The van der Waals surface area contributed by atoms with E-state index in [0.717, 1.165) is 0 Å². The standard InChI is InChI=1S/C32H35N7O10/c1-47-24-8-5-19(13-21(24)30(44)34-10-11-40)38-28(42)16-36-32(46)23-14-20(6-9-26(23)49-3)39-29(43)17-35-31(45)22-12-18(37-27(41)15-33)4-7-25(22)48-2/h4-9,11-14H,10,15-17,33H2,1-3H3,(H,34,44)(H,35,45)(H,36,46)(H,37,41)(H,38,42)(H,39,43). The van der Waals surface area contributed by atoms with Gasteiger partial charge < -0.3 is 56.6 Å². The van der Waals surface area contributed by atoms with Crippen LogP contribution in [0, 0.1) is 0 Å². The van der Waals surface area contributed by atoms with Crippen molar-refractivity contribution in [3.05, 3.63) is 71.3 Å². The van der Waals surface area contributed by atoms with Gasteiger partial charge in [-0.25, -0.2) is 0 Å². The third-order valence-electron chi connectivity index (χ3n) is 6.53. The van der Waals surface area contributed by atoms with E-state index in [-0.39, 0.29) is 58.4 Å². The molecule has 17 nitrogen and oxygen atoms in total. The van der Waals surface area contributed by atoms with Crippen LogP contribution in [-0.2, 0) is 19.2 Å². The normalized spacial score (nSPS) is 10.1. The SMILES string of the molecule is COc1ccc(NC(=O)CNC(=O)c2cc(NC(=O)CNC(=O)c3cc(NC(=O)CN)ccc3OC)ccc2OC)cc1C(=O)NCC=O. The zero-order chi connectivity index (χ0) is 35.9. The van der Waals surface area contributed by atoms with Gasteiger partial charge in [0.25, 0.3) is 17.7 Å². The average molecular weight is 678 g/mol. The van der Waals surface area contributed by atoms with Crippen molar-refractivity contribution in [2.24, 2.45) is 5.73 Å². The third-order valence-corrected chi connectivity index (χ3v) is 6.53. The van der Waals surface area contributed by atoms with Crippen molar-refractivity contribution in [3.63, 3.8) is 0 Å². The van der Waals surface area contributed by atoms with Crippen LogP contribution in [0.15, 0.2) is 54.6 Å². The number of benzene rings is 3. The Morgan fingerprint density at radius 3 is 1.24 bits per heavy atom. The summed E-state index contributed by atoms with van der Waals surface area (Å²) in [6.07, 6.45) is 0.520. The molecule has 3 aromatic rings. The van der Waals surface area contributed by atoms with Gasteiger partial charge in [0.15, 0.2) is 0 Å². The first-order valence-electron chi connectivity index (χ1n) is 14.4. The predicted molar refractivity (Wildman–Crippen MR) is 177 cm³/mol. The van der Waals surface area contributed by atoms with Crippen molar-refractivity contribution in [2.75, 3.05) is 63.5 Å². The van der Waals surface area contributed by atoms with Gasteiger partial charge in [0.2, 0.25) is 17.7 Å². The van der Waals surface area contributed by atoms with Crippen LogP contribution in [0.5, 0.6) is 17.2 Å². The second-order valence-electron chi connectivity index (χ2n) is 9.84. The maximum Gasteiger partial charge on any atom is 0.255 e. The van der Waals surface area contributed by atoms with E-state index < -0.39 is 48.5 Å². The molecule has 0 saturated heterocycles. The molecule has 49 heavy (non-hydrogen) atoms. The van der Waals surface area contributed by atoms with Gasteiger partial charge in [0.05, 0.1) is 64.2 Å². The van der Waals surface area contributed by atoms with Gasteiger partial charge in [0, 0.05) is 17.1 Å². The number of nitrogens with two attached hydrogens (primary N) is 1. The van der Waals surface area contributed by atoms with E-state index in [2.05, 4.69) is 31.9 Å². The highest BCUT2D eigenvalue weighted by atomic mass is 16.5. The Labute approximate surface area is 280 Å². The number of hydrogen-bond donors (Lipinski definition) is 7. The number of hydrogen-bond acceptors (Lipinski definition) is 11. The molecule has 0 saturated carbocycles. The number of methoxy groups -OCH3 is 3. The van der Waals surface area contributed by atoms with Gasteiger partial charge in [-0.15, -0.1) is 0 Å². The lowest BCUT2D eigenvalue weighted by Crippen LogP contribution is -2.34. The van der Waals surface area contributed by atoms with Crippen LogP contribution in [-0.4, -0.2) is 89.2 Å². The Morgan fingerprint density at radius 1 is 0.571 bits per heavy atom. The smallest absolute Gasteiger partial charge is 0.255 e. The van der Waals surface area contributed by atoms with Crippen LogP contribution in [0.25, 0.3) is 0 Å². The largest absolute Gasteiger partial charge is 0.496 e. The van der Waals surface area contributed by atoms with E-state index in [1.165, 1.54) is 75.9 Å². The molecule has 0 aliphatic rings. The number of carbonyl (C=O) groups is 7. The molecule has 3 aromatic carbocycles. The summed E-state index contributed by atoms with van der Waals surface area (Å²) >= 11 is 0. The Bertz CT molecular complexity index is 1750. The van der Waals surface area contributed by atoms with Crippen molar-refractivity contribution in [1.82, 2.24) is 16.0 Å². The van der Waals surface area contributed by atoms with Crippen molar-refractivity contribution < 1.29 is 47.8 Å². The molecular weight excluding hydrogens is 642 g/mol. The molecule has 0 aliphatic carbocycles. The molecule has 17 heteroatoms. The van der Waals surface area contributed by atoms with Crippen LogP contribution in [0.3, 0.4) is 0 Å². The number of aldehydes is 1. The number of anilines is 3. The van der Waals surface area contributed by atoms with E-state index in [1.54, 1.807) is 0 Å². The Hall–Kier alpha value is -6.49. The average Bonchev–Trinajstić information content (AvgIpc) is 3.11. The van der Waals surface area contributed by atoms with Crippen LogP contribution in [0.1, 0.15) is 31.1 Å². The molecule has 0 aromatic heterocycles. The van der Waals surface area contributed by atoms with Crippen molar-refractivity contribution in [3.8, 4) is 17.2 Å². The number of amides is 6. The zero-order valence-electron chi connectivity index (χ0n) is 26.8. The first-order valence-corrected chi connectivity index (χ1v) is 14.4. The van der Waals surface area contributed by atoms with Gasteiger partial charge in [-0.05, 0) is 54.6 Å². The van der Waals surface area contributed by atoms with Crippen LogP contribution in [0.2, 0.25) is 0 Å². The fourth-order valence-corrected chi connectivity index (χ4v) is 4.25. The maximum atomic E-state index is 13.0. The van der Waals surface area contributed by atoms with Gasteiger partial charge in [-0.1, -0.05) is 0 Å². The van der Waals surface area contributed by atoms with E-state index in [9.17, 15) is 33.6 Å². The van der Waals surface area contributed by atoms with E-state index >= 15 is 0 Å². The highest BCUT2D eigenvalue weighted by Crippen LogP contribution is 2.25. The summed E-state index contributed by atoms with van der Waals surface area (Å²) < 4.78 is 15.6. The molecule has 0 bridgehead atoms. The Kier molecular flexibility index (Phi) is 13.6. The zero-order valence-corrected chi connectivity index (χ0v) is 26.8. The van der Waals surface area contributed by atoms with Gasteiger partial charge >= 0.3 is 0 Å². The molecule has 0 unspecified atom stereocenters. The number of ether oxygens (including phenoxy) is 3. The highest BCUT2D eigenvalue weighted by Gasteiger charge is 2.19. The first-order chi connectivity index (χ1) is 23.5. The Balaban J connectivity index is 1.61. The van der Waals surface area contributed by atoms with E-state index in [4.69, 9.17) is 19.9 Å². The quantitative estimate of drug-likeness (QED) is 0.101. The lowest BCUT2D eigenvalue weighted by molar-refractivity contribution is -0.116. The monoisotopic (exact) mass is 677 g/mol. The molecule has 8 N–H and O–H groups in total. The molecule has 0 heterocycles. The summed E-state index contributed by atoms with van der Waals surface area (Å²) in [6.45, 7) is -1.39. The minimum absolute atomic E-state index is 0.00297. The maximum absolute atomic E-state index is 13.0. The molecule has 258 valence electrons. The summed E-state index contributed by atoms with van der Waals surface area (Å²) in [5, 5.41) is 15.0. The lowest BCUT2D eigenvalue weighted by atomic mass is 10.1. The van der Waals surface area contributed by atoms with E-state index in [0.29, 0.717) is 12.0 Å². The molecule has 0 aliphatic heterocycles. The minimum atomic E-state index is -0.700. The summed E-state index contributed by atoms with van der Waals surface area (Å²) in [4.78, 5) is 85.7. The lowest BCUT2D eigenvalue weighted by Gasteiger charge is -2.14. The third kappa shape index (κ3) is 10.5. The molecule has 0 fully saturated rings. The number of carbonyl (C=O) groups excluding carboxylic acids is 7. The van der Waals surface area contributed by atoms with Crippen molar-refractivity contribution >= 4 is 58.8 Å². The van der Waals surface area contributed by atoms with Gasteiger partial charge in [-0.2, -0.15) is 0 Å². The molecule has 0 atom stereocenters. The molecule has 0 radical (unpaired) electrons. The highest BCUT2D eigenvalue weighted by molar-refractivity contribution is 6.05. The van der Waals surface area contributed by atoms with E-state index in [1.807, 2.05) is 0 Å². The van der Waals surface area contributed by atoms with Crippen molar-refractivity contribution in [2.45, 2.75) is 0 Å². The summed E-state index contributed by atoms with van der Waals surface area (Å²) in [7, 11) is 4.06. The number of rotatable bonds is 16. The predicted octanol–water partition coefficient (Wildman–Crippen LogP) is 0.275. The molecule has 6 amide bonds. The Morgan fingerprint density at radius 2 is 0.918 bits per heavy atom. The molecule has 3 rings (SSSR count). The van der Waals surface area contributed by atoms with Crippen LogP contribution >= 0.6 is 0 Å². The topological polar surface area (TPSA) is 245 Å². The van der Waals surface area contributed by atoms with Gasteiger partial charge in [0.1, 0.15) is 23.5 Å². The fraction of sp³-hybridized carbons (Fsp3) is 0.219. The summed E-state index contributed by atoms with van der Waals surface area (Å²) in [5.41, 5.74) is 6.18. The van der Waals surface area contributed by atoms with Crippen LogP contribution in [0.4, 0.5) is 17.1 Å². The number of nitrogens with one attached hydrogen (secondary N) is 6. The molecular formula is C32H35N7O10. The molecule has 0 spiro atoms. The minimum Gasteiger partial charge on any atom is -0.496 e.